The molecule has 1 aromatic heterocycles. The van der Waals surface area contributed by atoms with Gasteiger partial charge in [0.2, 0.25) is 12.7 Å². The Bertz CT molecular complexity index is 1280. The molecule has 0 saturated carbocycles. The third-order valence-corrected chi connectivity index (χ3v) is 6.11. The van der Waals surface area contributed by atoms with Crippen LogP contribution >= 0.6 is 0 Å². The van der Waals surface area contributed by atoms with E-state index in [0.717, 1.165) is 11.3 Å². The molecule has 4 rings (SSSR count). The lowest BCUT2D eigenvalue weighted by Crippen LogP contribution is -2.45. The second-order valence-electron chi connectivity index (χ2n) is 9.76. The topological polar surface area (TPSA) is 103 Å². The summed E-state index contributed by atoms with van der Waals surface area (Å²) in [6, 6.07) is 14.0. The number of hydrogen-bond donors (Lipinski definition) is 1. The predicted octanol–water partition coefficient (Wildman–Crippen LogP) is 5.05. The molecule has 3 amide bonds. The molecule has 0 atom stereocenters. The molecule has 1 aliphatic heterocycles. The minimum Gasteiger partial charge on any atom is -0.497 e. The van der Waals surface area contributed by atoms with Gasteiger partial charge in [-0.15, -0.1) is 0 Å². The molecule has 39 heavy (non-hydrogen) atoms. The first-order chi connectivity index (χ1) is 18.7. The molecule has 0 fully saturated rings. The number of aryl methyl sites for hydroxylation is 1. The van der Waals surface area contributed by atoms with Crippen LogP contribution in [0.1, 0.15) is 30.9 Å². The summed E-state index contributed by atoms with van der Waals surface area (Å²) in [5.74, 6) is 3.73. The molecule has 0 aliphatic carbocycles. The lowest BCUT2D eigenvalue weighted by atomic mass is 10.1. The summed E-state index contributed by atoms with van der Waals surface area (Å²) in [7, 11) is 3.08. The number of methoxy groups -OCH3 is 2. The predicted molar refractivity (Wildman–Crippen MR) is 145 cm³/mol. The zero-order chi connectivity index (χ0) is 27.9. The Morgan fingerprint density at radius 3 is 2.28 bits per heavy atom. The zero-order valence-corrected chi connectivity index (χ0v) is 23.0. The van der Waals surface area contributed by atoms with Gasteiger partial charge in [0.1, 0.15) is 29.6 Å². The fourth-order valence-corrected chi connectivity index (χ4v) is 4.26. The van der Waals surface area contributed by atoms with Crippen LogP contribution in [0.25, 0.3) is 0 Å². The molecule has 0 radical (unpaired) electrons. The Kier molecular flexibility index (Phi) is 8.85. The average Bonchev–Trinajstić information content (AvgIpc) is 3.55. The Morgan fingerprint density at radius 1 is 0.923 bits per heavy atom. The number of hydrogen-bond acceptors (Lipinski definition) is 7. The maximum atomic E-state index is 13.7. The summed E-state index contributed by atoms with van der Waals surface area (Å²) in [5, 5.41) is 2.88. The van der Waals surface area contributed by atoms with E-state index in [0.29, 0.717) is 47.5 Å². The number of anilines is 1. The molecule has 208 valence electrons. The number of furan rings is 1. The number of amides is 3. The van der Waals surface area contributed by atoms with Crippen LogP contribution in [0.2, 0.25) is 0 Å². The van der Waals surface area contributed by atoms with Crippen LogP contribution in [-0.4, -0.2) is 55.8 Å². The van der Waals surface area contributed by atoms with Crippen molar-refractivity contribution in [3.8, 4) is 23.0 Å². The van der Waals surface area contributed by atoms with Gasteiger partial charge in [0.25, 0.3) is 0 Å². The molecule has 2 aromatic carbocycles. The normalized spacial score (nSPS) is 11.8. The van der Waals surface area contributed by atoms with Gasteiger partial charge in [-0.3, -0.25) is 4.79 Å². The quantitative estimate of drug-likeness (QED) is 0.365. The van der Waals surface area contributed by atoms with Gasteiger partial charge < -0.3 is 38.5 Å². The van der Waals surface area contributed by atoms with E-state index in [2.05, 4.69) is 5.32 Å². The number of benzene rings is 2. The van der Waals surface area contributed by atoms with Gasteiger partial charge >= 0.3 is 6.03 Å². The fourth-order valence-electron chi connectivity index (χ4n) is 4.26. The average molecular weight is 538 g/mol. The molecule has 0 saturated heterocycles. The van der Waals surface area contributed by atoms with Gasteiger partial charge in [-0.2, -0.15) is 0 Å². The molecule has 0 bridgehead atoms. The Labute approximate surface area is 228 Å². The van der Waals surface area contributed by atoms with E-state index in [-0.39, 0.29) is 31.7 Å². The Morgan fingerprint density at radius 2 is 1.64 bits per heavy atom. The van der Waals surface area contributed by atoms with Gasteiger partial charge in [0.15, 0.2) is 11.5 Å². The van der Waals surface area contributed by atoms with Crippen LogP contribution in [-0.2, 0) is 17.9 Å². The molecular weight excluding hydrogens is 502 g/mol. The summed E-state index contributed by atoms with van der Waals surface area (Å²) in [6.07, 6.45) is 0. The molecule has 3 aromatic rings. The smallest absolute Gasteiger partial charge is 0.322 e. The highest BCUT2D eigenvalue weighted by Gasteiger charge is 2.24. The molecule has 10 nitrogen and oxygen atoms in total. The van der Waals surface area contributed by atoms with E-state index in [4.69, 9.17) is 23.4 Å². The monoisotopic (exact) mass is 537 g/mol. The zero-order valence-electron chi connectivity index (χ0n) is 23.0. The lowest BCUT2D eigenvalue weighted by Gasteiger charge is -2.28. The number of nitrogens with zero attached hydrogens (tertiary/aromatic N) is 2. The van der Waals surface area contributed by atoms with Crippen molar-refractivity contribution in [2.24, 2.45) is 5.92 Å². The van der Waals surface area contributed by atoms with E-state index in [1.54, 1.807) is 37.3 Å². The highest BCUT2D eigenvalue weighted by Crippen LogP contribution is 2.33. The minimum atomic E-state index is -0.399. The standard InChI is InChI=1S/C29H35N3O7/c1-19(2)14-32(29(34)30-22-11-24(35-4)13-25(12-22)36-5)17-28(33)31(16-23-8-6-20(3)39-23)15-21-7-9-26-27(10-21)38-18-37-26/h6-13,19H,14-18H2,1-5H3,(H,30,34). The lowest BCUT2D eigenvalue weighted by molar-refractivity contribution is -0.133. The van der Waals surface area contributed by atoms with E-state index in [1.807, 2.05) is 51.1 Å². The van der Waals surface area contributed by atoms with Crippen LogP contribution in [0.4, 0.5) is 10.5 Å². The third kappa shape index (κ3) is 7.37. The van der Waals surface area contributed by atoms with Crippen molar-refractivity contribution >= 4 is 17.6 Å². The number of nitrogens with one attached hydrogen (secondary N) is 1. The highest BCUT2D eigenvalue weighted by molar-refractivity contribution is 5.92. The van der Waals surface area contributed by atoms with Crippen LogP contribution in [0.15, 0.2) is 52.9 Å². The third-order valence-electron chi connectivity index (χ3n) is 6.11. The number of rotatable bonds is 11. The molecular formula is C29H35N3O7. The maximum Gasteiger partial charge on any atom is 0.322 e. The number of carbonyl (C=O) groups is 2. The molecule has 0 spiro atoms. The fraction of sp³-hybridized carbons (Fsp3) is 0.379. The first-order valence-electron chi connectivity index (χ1n) is 12.7. The van der Waals surface area contributed by atoms with Crippen molar-refractivity contribution in [2.75, 3.05) is 39.4 Å². The Hall–Kier alpha value is -4.34. The molecule has 2 heterocycles. The van der Waals surface area contributed by atoms with E-state index < -0.39 is 6.03 Å². The van der Waals surface area contributed by atoms with E-state index in [9.17, 15) is 9.59 Å². The number of ether oxygens (including phenoxy) is 4. The SMILES string of the molecule is COc1cc(NC(=O)N(CC(=O)N(Cc2ccc3c(c2)OCO3)Cc2ccc(C)o2)CC(C)C)cc(OC)c1. The first kappa shape index (κ1) is 27.7. The number of carbonyl (C=O) groups excluding carboxylic acids is 2. The van der Waals surface area contributed by atoms with Crippen molar-refractivity contribution in [2.45, 2.75) is 33.9 Å². The summed E-state index contributed by atoms with van der Waals surface area (Å²) >= 11 is 0. The van der Waals surface area contributed by atoms with Crippen LogP contribution in [0, 0.1) is 12.8 Å². The molecule has 1 aliphatic rings. The van der Waals surface area contributed by atoms with Crippen LogP contribution in [0.5, 0.6) is 23.0 Å². The maximum absolute atomic E-state index is 13.7. The molecule has 0 unspecified atom stereocenters. The largest absolute Gasteiger partial charge is 0.497 e. The van der Waals surface area contributed by atoms with Crippen molar-refractivity contribution < 1.29 is 33.0 Å². The van der Waals surface area contributed by atoms with Crippen LogP contribution < -0.4 is 24.3 Å². The van der Waals surface area contributed by atoms with Gasteiger partial charge in [0, 0.05) is 37.0 Å². The second kappa shape index (κ2) is 12.5. The highest BCUT2D eigenvalue weighted by atomic mass is 16.7. The summed E-state index contributed by atoms with van der Waals surface area (Å²) < 4.78 is 27.3. The number of fused-ring (bicyclic) bond motifs is 1. The van der Waals surface area contributed by atoms with Crippen LogP contribution in [0.3, 0.4) is 0 Å². The van der Waals surface area contributed by atoms with Gasteiger partial charge in [0.05, 0.1) is 20.8 Å². The van der Waals surface area contributed by atoms with Crippen molar-refractivity contribution in [3.63, 3.8) is 0 Å². The van der Waals surface area contributed by atoms with Crippen molar-refractivity contribution in [1.82, 2.24) is 9.80 Å². The van der Waals surface area contributed by atoms with E-state index in [1.165, 1.54) is 4.90 Å². The number of urea groups is 1. The summed E-state index contributed by atoms with van der Waals surface area (Å²) in [4.78, 5) is 30.3. The van der Waals surface area contributed by atoms with Crippen molar-refractivity contribution in [1.29, 1.82) is 0 Å². The minimum absolute atomic E-state index is 0.116. The molecule has 10 heteroatoms. The van der Waals surface area contributed by atoms with Gasteiger partial charge in [-0.05, 0) is 42.7 Å². The van der Waals surface area contributed by atoms with Gasteiger partial charge in [-0.25, -0.2) is 4.79 Å². The summed E-state index contributed by atoms with van der Waals surface area (Å²) in [5.41, 5.74) is 1.37. The first-order valence-corrected chi connectivity index (χ1v) is 12.7. The second-order valence-corrected chi connectivity index (χ2v) is 9.76. The van der Waals surface area contributed by atoms with E-state index >= 15 is 0 Å². The van der Waals surface area contributed by atoms with Gasteiger partial charge in [-0.1, -0.05) is 19.9 Å². The molecule has 1 N–H and O–H groups in total. The summed E-state index contributed by atoms with van der Waals surface area (Å²) in [6.45, 7) is 6.85. The Balaban J connectivity index is 1.53. The van der Waals surface area contributed by atoms with Crippen molar-refractivity contribution in [3.05, 3.63) is 65.6 Å².